The van der Waals surface area contributed by atoms with Gasteiger partial charge in [-0.05, 0) is 37.1 Å². The van der Waals surface area contributed by atoms with Gasteiger partial charge in [0.05, 0.1) is 6.61 Å². The Bertz CT molecular complexity index is 465. The summed E-state index contributed by atoms with van der Waals surface area (Å²) in [5.74, 6) is 1.22. The molecule has 0 aliphatic carbocycles. The van der Waals surface area contributed by atoms with E-state index >= 15 is 0 Å². The van der Waals surface area contributed by atoms with Gasteiger partial charge in [-0.25, -0.2) is 0 Å². The number of rotatable bonds is 7. The van der Waals surface area contributed by atoms with Crippen molar-refractivity contribution >= 4 is 5.91 Å². The van der Waals surface area contributed by atoms with Crippen LogP contribution in [0.1, 0.15) is 23.2 Å². The minimum atomic E-state index is 0.0632. The molecule has 1 heterocycles. The molecule has 0 radical (unpaired) electrons. The predicted octanol–water partition coefficient (Wildman–Crippen LogP) is 1.52. The Kier molecular flexibility index (Phi) is 6.02. The quantitative estimate of drug-likeness (QED) is 0.774. The Hall–Kier alpha value is -1.59. The lowest BCUT2D eigenvalue weighted by molar-refractivity contribution is 0.0787. The van der Waals surface area contributed by atoms with Crippen molar-refractivity contribution in [2.45, 2.75) is 12.8 Å². The zero-order valence-electron chi connectivity index (χ0n) is 12.6. The number of carbonyl (C=O) groups is 1. The van der Waals surface area contributed by atoms with Crippen molar-refractivity contribution in [2.24, 2.45) is 11.7 Å². The van der Waals surface area contributed by atoms with E-state index in [1.165, 1.54) is 0 Å². The normalized spacial score (nSPS) is 18.0. The number of ether oxygens (including phenoxy) is 2. The largest absolute Gasteiger partial charge is 0.493 e. The Morgan fingerprint density at radius 3 is 3.00 bits per heavy atom. The highest BCUT2D eigenvalue weighted by Crippen LogP contribution is 2.20. The van der Waals surface area contributed by atoms with Crippen LogP contribution < -0.4 is 10.5 Å². The maximum absolute atomic E-state index is 12.4. The second-order valence-corrected chi connectivity index (χ2v) is 5.36. The minimum absolute atomic E-state index is 0.0632. The van der Waals surface area contributed by atoms with Crippen molar-refractivity contribution < 1.29 is 14.3 Å². The molecule has 21 heavy (non-hydrogen) atoms. The molecule has 2 rings (SSSR count). The molecule has 1 amide bonds. The third-order valence-electron chi connectivity index (χ3n) is 3.75. The standard InChI is InChI=1S/C16H24N2O3/c1-20-8-3-9-21-15-5-2-4-14(10-15)16(19)18-7-6-13(11-17)12-18/h2,4-5,10,13H,3,6-9,11-12,17H2,1H3. The van der Waals surface area contributed by atoms with Gasteiger partial charge in [-0.15, -0.1) is 0 Å². The highest BCUT2D eigenvalue weighted by Gasteiger charge is 2.26. The fourth-order valence-corrected chi connectivity index (χ4v) is 2.50. The van der Waals surface area contributed by atoms with Crippen LogP contribution in [0.25, 0.3) is 0 Å². The summed E-state index contributed by atoms with van der Waals surface area (Å²) in [5, 5.41) is 0. The molecule has 116 valence electrons. The summed E-state index contributed by atoms with van der Waals surface area (Å²) in [6.07, 6.45) is 1.83. The molecule has 1 aliphatic heterocycles. The SMILES string of the molecule is COCCCOc1cccc(C(=O)N2CCC(CN)C2)c1. The van der Waals surface area contributed by atoms with Gasteiger partial charge in [-0.2, -0.15) is 0 Å². The van der Waals surface area contributed by atoms with Crippen LogP contribution in [0.3, 0.4) is 0 Å². The summed E-state index contributed by atoms with van der Waals surface area (Å²) in [7, 11) is 1.67. The molecule has 0 spiro atoms. The summed E-state index contributed by atoms with van der Waals surface area (Å²) in [5.41, 5.74) is 6.35. The van der Waals surface area contributed by atoms with Crippen molar-refractivity contribution in [2.75, 3.05) is 40.0 Å². The summed E-state index contributed by atoms with van der Waals surface area (Å²) in [4.78, 5) is 14.3. The number of hydrogen-bond acceptors (Lipinski definition) is 4. The molecule has 0 saturated carbocycles. The second-order valence-electron chi connectivity index (χ2n) is 5.36. The first-order valence-corrected chi connectivity index (χ1v) is 7.45. The molecular formula is C16H24N2O3. The zero-order chi connectivity index (χ0) is 15.1. The highest BCUT2D eigenvalue weighted by atomic mass is 16.5. The van der Waals surface area contributed by atoms with E-state index in [1.807, 2.05) is 29.2 Å². The first kappa shape index (κ1) is 15.8. The summed E-state index contributed by atoms with van der Waals surface area (Å²) in [6, 6.07) is 7.37. The van der Waals surface area contributed by atoms with Crippen LogP contribution in [0.5, 0.6) is 5.75 Å². The molecule has 1 saturated heterocycles. The van der Waals surface area contributed by atoms with Gasteiger partial charge in [0, 0.05) is 38.8 Å². The molecule has 1 atom stereocenters. The maximum atomic E-state index is 12.4. The fourth-order valence-electron chi connectivity index (χ4n) is 2.50. The van der Waals surface area contributed by atoms with Crippen LogP contribution in [-0.4, -0.2) is 50.8 Å². The molecule has 1 aliphatic rings. The van der Waals surface area contributed by atoms with Gasteiger partial charge >= 0.3 is 0 Å². The first-order valence-electron chi connectivity index (χ1n) is 7.45. The fraction of sp³-hybridized carbons (Fsp3) is 0.562. The van der Waals surface area contributed by atoms with Gasteiger partial charge in [0.15, 0.2) is 0 Å². The number of nitrogens with two attached hydrogens (primary N) is 1. The average molecular weight is 292 g/mol. The topological polar surface area (TPSA) is 64.8 Å². The monoisotopic (exact) mass is 292 g/mol. The maximum Gasteiger partial charge on any atom is 0.253 e. The molecule has 0 aromatic heterocycles. The van der Waals surface area contributed by atoms with Crippen molar-refractivity contribution in [1.29, 1.82) is 0 Å². The number of hydrogen-bond donors (Lipinski definition) is 1. The first-order chi connectivity index (χ1) is 10.2. The van der Waals surface area contributed by atoms with Crippen molar-refractivity contribution in [3.05, 3.63) is 29.8 Å². The van der Waals surface area contributed by atoms with E-state index in [0.29, 0.717) is 31.2 Å². The Morgan fingerprint density at radius 1 is 1.43 bits per heavy atom. The number of carbonyl (C=O) groups excluding carboxylic acids is 1. The van der Waals surface area contributed by atoms with Gasteiger partial charge in [0.1, 0.15) is 5.75 Å². The smallest absolute Gasteiger partial charge is 0.253 e. The Morgan fingerprint density at radius 2 is 2.29 bits per heavy atom. The van der Waals surface area contributed by atoms with Crippen LogP contribution in [0.2, 0.25) is 0 Å². The van der Waals surface area contributed by atoms with Crippen LogP contribution >= 0.6 is 0 Å². The van der Waals surface area contributed by atoms with Gasteiger partial charge in [0.2, 0.25) is 0 Å². The Labute approximate surface area is 126 Å². The van der Waals surface area contributed by atoms with Gasteiger partial charge < -0.3 is 20.1 Å². The van der Waals surface area contributed by atoms with Crippen LogP contribution in [0.4, 0.5) is 0 Å². The molecule has 0 bridgehead atoms. The van der Waals surface area contributed by atoms with Gasteiger partial charge in [-0.3, -0.25) is 4.79 Å². The van der Waals surface area contributed by atoms with E-state index in [1.54, 1.807) is 7.11 Å². The highest BCUT2D eigenvalue weighted by molar-refractivity contribution is 5.94. The second kappa shape index (κ2) is 8.00. The van der Waals surface area contributed by atoms with E-state index in [9.17, 15) is 4.79 Å². The van der Waals surface area contributed by atoms with Gasteiger partial charge in [-0.1, -0.05) is 6.07 Å². The molecular weight excluding hydrogens is 268 g/mol. The molecule has 2 N–H and O–H groups in total. The molecule has 5 nitrogen and oxygen atoms in total. The van der Waals surface area contributed by atoms with E-state index in [4.69, 9.17) is 15.2 Å². The summed E-state index contributed by atoms with van der Waals surface area (Å²) < 4.78 is 10.6. The number of benzene rings is 1. The summed E-state index contributed by atoms with van der Waals surface area (Å²) >= 11 is 0. The molecule has 1 aromatic carbocycles. The number of amides is 1. The Balaban J connectivity index is 1.92. The van der Waals surface area contributed by atoms with Crippen LogP contribution in [0, 0.1) is 5.92 Å². The van der Waals surface area contributed by atoms with E-state index in [-0.39, 0.29) is 5.91 Å². The lowest BCUT2D eigenvalue weighted by Crippen LogP contribution is -2.29. The third-order valence-corrected chi connectivity index (χ3v) is 3.75. The number of nitrogens with zero attached hydrogens (tertiary/aromatic N) is 1. The van der Waals surface area contributed by atoms with Crippen molar-refractivity contribution in [3.8, 4) is 5.75 Å². The summed E-state index contributed by atoms with van der Waals surface area (Å²) in [6.45, 7) is 3.46. The predicted molar refractivity (Wildman–Crippen MR) is 81.5 cm³/mol. The van der Waals surface area contributed by atoms with Crippen molar-refractivity contribution in [3.63, 3.8) is 0 Å². The third kappa shape index (κ3) is 4.44. The number of likely N-dealkylation sites (tertiary alicyclic amines) is 1. The minimum Gasteiger partial charge on any atom is -0.493 e. The molecule has 1 unspecified atom stereocenters. The average Bonchev–Trinajstić information content (AvgIpc) is 3.00. The molecule has 1 fully saturated rings. The lowest BCUT2D eigenvalue weighted by atomic mass is 10.1. The zero-order valence-corrected chi connectivity index (χ0v) is 12.6. The number of methoxy groups -OCH3 is 1. The van der Waals surface area contributed by atoms with Crippen LogP contribution in [0.15, 0.2) is 24.3 Å². The lowest BCUT2D eigenvalue weighted by Gasteiger charge is -2.17. The van der Waals surface area contributed by atoms with Gasteiger partial charge in [0.25, 0.3) is 5.91 Å². The van der Waals surface area contributed by atoms with Crippen molar-refractivity contribution in [1.82, 2.24) is 4.90 Å². The van der Waals surface area contributed by atoms with E-state index in [0.717, 1.165) is 31.7 Å². The van der Waals surface area contributed by atoms with Crippen LogP contribution in [-0.2, 0) is 4.74 Å². The van der Waals surface area contributed by atoms with E-state index in [2.05, 4.69) is 0 Å². The molecule has 5 heteroatoms. The molecule has 1 aromatic rings. The van der Waals surface area contributed by atoms with E-state index < -0.39 is 0 Å².